The highest BCUT2D eigenvalue weighted by Gasteiger charge is 2.29. The zero-order valence-corrected chi connectivity index (χ0v) is 13.5. The molecule has 0 heterocycles. The highest BCUT2D eigenvalue weighted by Crippen LogP contribution is 2.44. The molecule has 2 aromatic rings. The molecule has 1 aliphatic carbocycles. The maximum atomic E-state index is 12.0. The number of carbonyl (C=O) groups excluding carboxylic acids is 1. The number of carbonyl (C=O) groups is 1. The monoisotopic (exact) mass is 307 g/mol. The van der Waals surface area contributed by atoms with Gasteiger partial charge in [-0.05, 0) is 36.1 Å². The fraction of sp³-hybridized carbons (Fsp3) is 0.250. The standard InChI is InChI=1S/C20H21NO2/c1-4-20(2,3)21-19(22)23-13-18-16-11-7-5-9-14(16)15-10-6-8-12-17(15)18/h4-12,18H,1,13H2,2-3H3,(H,21,22). The van der Waals surface area contributed by atoms with Gasteiger partial charge in [0.05, 0.1) is 5.54 Å². The molecule has 0 aliphatic heterocycles. The summed E-state index contributed by atoms with van der Waals surface area (Å²) in [5.74, 6) is 0.0833. The van der Waals surface area contributed by atoms with Crippen LogP contribution < -0.4 is 5.32 Å². The fourth-order valence-electron chi connectivity index (χ4n) is 2.95. The normalized spacial score (nSPS) is 13.1. The number of rotatable bonds is 4. The van der Waals surface area contributed by atoms with Gasteiger partial charge in [-0.15, -0.1) is 6.58 Å². The Morgan fingerprint density at radius 3 is 2.17 bits per heavy atom. The Labute approximate surface area is 137 Å². The first-order valence-electron chi connectivity index (χ1n) is 7.78. The predicted molar refractivity (Wildman–Crippen MR) is 92.5 cm³/mol. The maximum absolute atomic E-state index is 12.0. The molecule has 23 heavy (non-hydrogen) atoms. The lowest BCUT2D eigenvalue weighted by Crippen LogP contribution is -2.42. The maximum Gasteiger partial charge on any atom is 0.407 e. The van der Waals surface area contributed by atoms with Crippen LogP contribution in [0.15, 0.2) is 61.2 Å². The van der Waals surface area contributed by atoms with Crippen molar-refractivity contribution in [3.63, 3.8) is 0 Å². The Morgan fingerprint density at radius 2 is 1.65 bits per heavy atom. The third kappa shape index (κ3) is 3.00. The molecule has 1 aliphatic rings. The topological polar surface area (TPSA) is 38.3 Å². The van der Waals surface area contributed by atoms with Gasteiger partial charge in [-0.25, -0.2) is 4.79 Å². The van der Waals surface area contributed by atoms with E-state index in [1.54, 1.807) is 6.08 Å². The third-order valence-electron chi connectivity index (χ3n) is 4.28. The molecule has 0 bridgehead atoms. The average molecular weight is 307 g/mol. The first-order valence-corrected chi connectivity index (χ1v) is 7.78. The van der Waals surface area contributed by atoms with Gasteiger partial charge in [0.25, 0.3) is 0 Å². The summed E-state index contributed by atoms with van der Waals surface area (Å²) in [7, 11) is 0. The van der Waals surface area contributed by atoms with E-state index in [1.165, 1.54) is 22.3 Å². The summed E-state index contributed by atoms with van der Waals surface area (Å²) in [6.07, 6.45) is 1.27. The number of nitrogens with one attached hydrogen (secondary N) is 1. The lowest BCUT2D eigenvalue weighted by Gasteiger charge is -2.22. The minimum absolute atomic E-state index is 0.0833. The average Bonchev–Trinajstić information content (AvgIpc) is 2.87. The van der Waals surface area contributed by atoms with Crippen LogP contribution in [0.25, 0.3) is 11.1 Å². The van der Waals surface area contributed by atoms with Crippen LogP contribution in [-0.2, 0) is 4.74 Å². The molecule has 3 rings (SSSR count). The first kappa shape index (κ1) is 15.3. The molecular weight excluding hydrogens is 286 g/mol. The molecule has 0 atom stereocenters. The molecule has 3 heteroatoms. The van der Waals surface area contributed by atoms with Crippen LogP contribution in [0.3, 0.4) is 0 Å². The zero-order valence-electron chi connectivity index (χ0n) is 13.5. The number of hydrogen-bond donors (Lipinski definition) is 1. The van der Waals surface area contributed by atoms with E-state index in [0.29, 0.717) is 6.61 Å². The van der Waals surface area contributed by atoms with Gasteiger partial charge in [-0.2, -0.15) is 0 Å². The number of alkyl carbamates (subject to hydrolysis) is 1. The van der Waals surface area contributed by atoms with Gasteiger partial charge in [0.2, 0.25) is 0 Å². The molecular formula is C20H21NO2. The quantitative estimate of drug-likeness (QED) is 0.845. The summed E-state index contributed by atoms with van der Waals surface area (Å²) in [6, 6.07) is 16.6. The summed E-state index contributed by atoms with van der Waals surface area (Å²) in [5.41, 5.74) is 4.39. The molecule has 2 aromatic carbocycles. The number of ether oxygens (including phenoxy) is 1. The van der Waals surface area contributed by atoms with Crippen molar-refractivity contribution in [3.05, 3.63) is 72.3 Å². The molecule has 0 saturated carbocycles. The Bertz CT molecular complexity index is 703. The summed E-state index contributed by atoms with van der Waals surface area (Å²) in [4.78, 5) is 12.0. The second-order valence-electron chi connectivity index (χ2n) is 6.38. The number of amides is 1. The van der Waals surface area contributed by atoms with Crippen molar-refractivity contribution < 1.29 is 9.53 Å². The summed E-state index contributed by atoms with van der Waals surface area (Å²) in [6.45, 7) is 7.79. The number of fused-ring (bicyclic) bond motifs is 3. The largest absolute Gasteiger partial charge is 0.449 e. The molecule has 0 saturated heterocycles. The van der Waals surface area contributed by atoms with E-state index >= 15 is 0 Å². The molecule has 3 nitrogen and oxygen atoms in total. The fourth-order valence-corrected chi connectivity index (χ4v) is 2.95. The Morgan fingerprint density at radius 1 is 1.13 bits per heavy atom. The Hall–Kier alpha value is -2.55. The number of benzene rings is 2. The van der Waals surface area contributed by atoms with Crippen LogP contribution in [-0.4, -0.2) is 18.2 Å². The van der Waals surface area contributed by atoms with Crippen molar-refractivity contribution in [1.82, 2.24) is 5.32 Å². The van der Waals surface area contributed by atoms with Crippen molar-refractivity contribution >= 4 is 6.09 Å². The van der Waals surface area contributed by atoms with Crippen LogP contribution in [0.4, 0.5) is 4.79 Å². The summed E-state index contributed by atoms with van der Waals surface area (Å²) >= 11 is 0. The molecule has 0 fully saturated rings. The summed E-state index contributed by atoms with van der Waals surface area (Å²) in [5, 5.41) is 2.80. The molecule has 0 aromatic heterocycles. The van der Waals surface area contributed by atoms with Crippen LogP contribution in [0.1, 0.15) is 30.9 Å². The third-order valence-corrected chi connectivity index (χ3v) is 4.28. The minimum atomic E-state index is -0.484. The van der Waals surface area contributed by atoms with Crippen molar-refractivity contribution in [1.29, 1.82) is 0 Å². The van der Waals surface area contributed by atoms with E-state index < -0.39 is 11.6 Å². The zero-order chi connectivity index (χ0) is 16.4. The Kier molecular flexibility index (Phi) is 3.95. The van der Waals surface area contributed by atoms with Crippen LogP contribution in [0.5, 0.6) is 0 Å². The van der Waals surface area contributed by atoms with Crippen LogP contribution in [0, 0.1) is 0 Å². The van der Waals surface area contributed by atoms with E-state index in [9.17, 15) is 4.79 Å². The second kappa shape index (κ2) is 5.92. The van der Waals surface area contributed by atoms with E-state index in [0.717, 1.165) is 0 Å². The molecule has 0 unspecified atom stereocenters. The van der Waals surface area contributed by atoms with Gasteiger partial charge in [0.1, 0.15) is 6.61 Å². The second-order valence-corrected chi connectivity index (χ2v) is 6.38. The van der Waals surface area contributed by atoms with Crippen molar-refractivity contribution in [2.75, 3.05) is 6.61 Å². The highest BCUT2D eigenvalue weighted by molar-refractivity contribution is 5.79. The lowest BCUT2D eigenvalue weighted by atomic mass is 9.98. The van der Waals surface area contributed by atoms with Crippen molar-refractivity contribution in [3.8, 4) is 11.1 Å². The van der Waals surface area contributed by atoms with Crippen molar-refractivity contribution in [2.24, 2.45) is 0 Å². The summed E-state index contributed by atoms with van der Waals surface area (Å²) < 4.78 is 5.48. The molecule has 1 amide bonds. The molecule has 1 N–H and O–H groups in total. The van der Waals surface area contributed by atoms with Gasteiger partial charge in [-0.3, -0.25) is 0 Å². The van der Waals surface area contributed by atoms with Gasteiger partial charge in [0, 0.05) is 5.92 Å². The molecule has 0 spiro atoms. The van der Waals surface area contributed by atoms with E-state index in [1.807, 2.05) is 38.1 Å². The highest BCUT2D eigenvalue weighted by atomic mass is 16.5. The predicted octanol–water partition coefficient (Wildman–Crippen LogP) is 4.49. The van der Waals surface area contributed by atoms with E-state index in [2.05, 4.69) is 36.2 Å². The van der Waals surface area contributed by atoms with Gasteiger partial charge >= 0.3 is 6.09 Å². The van der Waals surface area contributed by atoms with Crippen LogP contribution in [0.2, 0.25) is 0 Å². The molecule has 118 valence electrons. The van der Waals surface area contributed by atoms with Gasteiger partial charge in [0.15, 0.2) is 0 Å². The molecule has 0 radical (unpaired) electrons. The van der Waals surface area contributed by atoms with Gasteiger partial charge in [-0.1, -0.05) is 54.6 Å². The van der Waals surface area contributed by atoms with Gasteiger partial charge < -0.3 is 10.1 Å². The lowest BCUT2D eigenvalue weighted by molar-refractivity contribution is 0.136. The van der Waals surface area contributed by atoms with Crippen LogP contribution >= 0.6 is 0 Å². The Balaban J connectivity index is 1.78. The SMILES string of the molecule is C=CC(C)(C)NC(=O)OCC1c2ccccc2-c2ccccc21. The number of hydrogen-bond acceptors (Lipinski definition) is 2. The van der Waals surface area contributed by atoms with Crippen molar-refractivity contribution in [2.45, 2.75) is 25.3 Å². The smallest absolute Gasteiger partial charge is 0.407 e. The first-order chi connectivity index (χ1) is 11.0. The van der Waals surface area contributed by atoms with E-state index in [4.69, 9.17) is 4.74 Å². The van der Waals surface area contributed by atoms with E-state index in [-0.39, 0.29) is 5.92 Å². The minimum Gasteiger partial charge on any atom is -0.449 e.